The fourth-order valence-electron chi connectivity index (χ4n) is 1.96. The minimum atomic E-state index is -4.03. The summed E-state index contributed by atoms with van der Waals surface area (Å²) >= 11 is 4.77. The average molecular weight is 483 g/mol. The van der Waals surface area contributed by atoms with E-state index in [1.807, 2.05) is 12.1 Å². The number of nitrogens with one attached hydrogen (secondary N) is 1. The summed E-state index contributed by atoms with van der Waals surface area (Å²) in [5, 5.41) is 0. The molecule has 2 aromatic rings. The Hall–Kier alpha value is -1.63. The maximum absolute atomic E-state index is 12.6. The first-order valence-electron chi connectivity index (χ1n) is 6.93. The molecule has 12 heteroatoms. The molecule has 0 aliphatic heterocycles. The van der Waals surface area contributed by atoms with Gasteiger partial charge < -0.3 is 0 Å². The molecule has 2 rings (SSSR count). The highest BCUT2D eigenvalue weighted by atomic mass is 79.9. The highest BCUT2D eigenvalue weighted by Crippen LogP contribution is 2.24. The molecule has 0 saturated carbocycles. The molecule has 0 atom stereocenters. The van der Waals surface area contributed by atoms with Gasteiger partial charge in [0.25, 0.3) is 0 Å². The van der Waals surface area contributed by atoms with Crippen molar-refractivity contribution in [3.63, 3.8) is 0 Å². The lowest BCUT2D eigenvalue weighted by molar-refractivity contribution is 0.268. The van der Waals surface area contributed by atoms with Gasteiger partial charge in [-0.3, -0.25) is 13.8 Å². The molecule has 26 heavy (non-hydrogen) atoms. The van der Waals surface area contributed by atoms with Crippen LogP contribution in [-0.4, -0.2) is 34.1 Å². The molecule has 0 amide bonds. The molecular formula is C14H15BrN2O6S3. The summed E-state index contributed by atoms with van der Waals surface area (Å²) in [7, 11) is -7.77. The largest absolute Gasteiger partial charge is 0.324 e. The Labute approximate surface area is 163 Å². The number of aromatic nitrogens is 1. The second-order valence-electron chi connectivity index (χ2n) is 5.35. The molecule has 0 aliphatic rings. The predicted octanol–water partition coefficient (Wildman–Crippen LogP) is 1.91. The minimum Gasteiger partial charge on any atom is -0.284 e. The van der Waals surface area contributed by atoms with Gasteiger partial charge in [-0.2, -0.15) is 8.42 Å². The summed E-state index contributed by atoms with van der Waals surface area (Å²) in [4.78, 5) is 13.4. The number of sulfonamides is 1. The van der Waals surface area contributed by atoms with Crippen molar-refractivity contribution in [3.8, 4) is 0 Å². The number of pyridine rings is 1. The van der Waals surface area contributed by atoms with Crippen LogP contribution in [0.15, 0.2) is 26.8 Å². The lowest BCUT2D eigenvalue weighted by atomic mass is 10.2. The van der Waals surface area contributed by atoms with Gasteiger partial charge in [-0.25, -0.2) is 8.42 Å². The van der Waals surface area contributed by atoms with E-state index in [1.165, 1.54) is 30.4 Å². The Morgan fingerprint density at radius 3 is 2.35 bits per heavy atom. The number of thiophene rings is 1. The molecule has 8 nitrogen and oxygen atoms in total. The van der Waals surface area contributed by atoms with Crippen LogP contribution in [0.5, 0.6) is 0 Å². The zero-order valence-electron chi connectivity index (χ0n) is 13.9. The van der Waals surface area contributed by atoms with E-state index in [0.717, 1.165) is 21.2 Å². The molecule has 0 aliphatic carbocycles. The van der Waals surface area contributed by atoms with E-state index in [2.05, 4.69) is 20.7 Å². The van der Waals surface area contributed by atoms with Crippen LogP contribution in [0.25, 0.3) is 12.2 Å². The average Bonchev–Trinajstić information content (AvgIpc) is 2.88. The van der Waals surface area contributed by atoms with Gasteiger partial charge in [0, 0.05) is 4.88 Å². The Bertz CT molecular complexity index is 1130. The summed E-state index contributed by atoms with van der Waals surface area (Å²) in [6.45, 7) is 1.53. The maximum Gasteiger partial charge on any atom is 0.324 e. The van der Waals surface area contributed by atoms with Gasteiger partial charge in [-0.1, -0.05) is 0 Å². The number of hydrogen-bond donors (Lipinski definition) is 1. The second kappa shape index (κ2) is 7.55. The van der Waals surface area contributed by atoms with Gasteiger partial charge in [-0.15, -0.1) is 16.1 Å². The van der Waals surface area contributed by atoms with Gasteiger partial charge in [0.1, 0.15) is 5.69 Å². The Balaban J connectivity index is 2.63. The van der Waals surface area contributed by atoms with Crippen LogP contribution in [0.4, 0.5) is 5.69 Å². The van der Waals surface area contributed by atoms with Crippen molar-refractivity contribution in [3.05, 3.63) is 48.5 Å². The zero-order chi connectivity index (χ0) is 19.7. The number of anilines is 1. The fourth-order valence-corrected chi connectivity index (χ4v) is 4.33. The number of hydrogen-bond acceptors (Lipinski definition) is 7. The Morgan fingerprint density at radius 2 is 1.85 bits per heavy atom. The first-order valence-corrected chi connectivity index (χ1v) is 12.3. The molecule has 142 valence electrons. The molecule has 2 aromatic heterocycles. The molecule has 2 heterocycles. The third kappa shape index (κ3) is 5.69. The van der Waals surface area contributed by atoms with Crippen molar-refractivity contribution < 1.29 is 21.1 Å². The predicted molar refractivity (Wildman–Crippen MR) is 106 cm³/mol. The van der Waals surface area contributed by atoms with Gasteiger partial charge in [-0.05, 0) is 58.8 Å². The van der Waals surface area contributed by atoms with Crippen LogP contribution in [0.3, 0.4) is 0 Å². The summed E-state index contributed by atoms with van der Waals surface area (Å²) in [6, 6.07) is 5.12. The van der Waals surface area contributed by atoms with Crippen molar-refractivity contribution in [2.24, 2.45) is 0 Å². The maximum atomic E-state index is 12.6. The van der Waals surface area contributed by atoms with E-state index >= 15 is 0 Å². The first-order chi connectivity index (χ1) is 11.9. The molecule has 0 unspecified atom stereocenters. The first kappa shape index (κ1) is 20.7. The quantitative estimate of drug-likeness (QED) is 0.672. The molecule has 0 bridgehead atoms. The Morgan fingerprint density at radius 1 is 1.19 bits per heavy atom. The standard InChI is InChI=1S/C14H15BrN2O6S3/c1-9-8-10(4-5-11-6-7-12(15)24-11)17(23-26(3,21)22)14(18)13(9)16-25(2,19)20/h4-8,16H,1-3H3/b5-4+. The van der Waals surface area contributed by atoms with Crippen LogP contribution < -0.4 is 14.6 Å². The van der Waals surface area contributed by atoms with Crippen LogP contribution >= 0.6 is 27.3 Å². The van der Waals surface area contributed by atoms with E-state index in [0.29, 0.717) is 10.3 Å². The monoisotopic (exact) mass is 482 g/mol. The van der Waals surface area contributed by atoms with Crippen LogP contribution in [0, 0.1) is 6.92 Å². The van der Waals surface area contributed by atoms with Gasteiger partial charge >= 0.3 is 15.7 Å². The van der Waals surface area contributed by atoms with Crippen molar-refractivity contribution >= 4 is 65.2 Å². The zero-order valence-corrected chi connectivity index (χ0v) is 17.9. The normalized spacial score (nSPS) is 12.5. The SMILES string of the molecule is Cc1cc(/C=C/c2ccc(Br)s2)n(OS(C)(=O)=O)c(=O)c1NS(C)(=O)=O. The van der Waals surface area contributed by atoms with E-state index in [-0.39, 0.29) is 11.4 Å². The van der Waals surface area contributed by atoms with Crippen molar-refractivity contribution in [2.75, 3.05) is 17.2 Å². The molecule has 0 spiro atoms. The Kier molecular flexibility index (Phi) is 6.00. The third-order valence-electron chi connectivity index (χ3n) is 2.90. The smallest absolute Gasteiger partial charge is 0.284 e. The van der Waals surface area contributed by atoms with Gasteiger partial charge in [0.05, 0.1) is 22.0 Å². The number of rotatable bonds is 6. The van der Waals surface area contributed by atoms with E-state index in [9.17, 15) is 21.6 Å². The number of aryl methyl sites for hydroxylation is 1. The topological polar surface area (TPSA) is 112 Å². The van der Waals surface area contributed by atoms with Crippen LogP contribution in [-0.2, 0) is 20.1 Å². The number of halogens is 1. The van der Waals surface area contributed by atoms with E-state index in [1.54, 1.807) is 6.08 Å². The van der Waals surface area contributed by atoms with Crippen molar-refractivity contribution in [1.82, 2.24) is 4.73 Å². The lowest BCUT2D eigenvalue weighted by Crippen LogP contribution is -2.34. The molecule has 0 saturated heterocycles. The van der Waals surface area contributed by atoms with Crippen molar-refractivity contribution in [2.45, 2.75) is 6.92 Å². The fraction of sp³-hybridized carbons (Fsp3) is 0.214. The third-order valence-corrected chi connectivity index (χ3v) is 5.48. The van der Waals surface area contributed by atoms with Crippen molar-refractivity contribution in [1.29, 1.82) is 0 Å². The molecule has 0 fully saturated rings. The molecule has 0 aromatic carbocycles. The van der Waals surface area contributed by atoms with E-state index in [4.69, 9.17) is 4.28 Å². The van der Waals surface area contributed by atoms with Crippen LogP contribution in [0.1, 0.15) is 16.1 Å². The van der Waals surface area contributed by atoms with Gasteiger partial charge in [0.15, 0.2) is 0 Å². The second-order valence-corrected chi connectivity index (χ2v) is 11.2. The molecule has 1 N–H and O–H groups in total. The molecule has 0 radical (unpaired) electrons. The summed E-state index contributed by atoms with van der Waals surface area (Å²) in [5.74, 6) is 0. The summed E-state index contributed by atoms with van der Waals surface area (Å²) in [6.07, 6.45) is 4.85. The lowest BCUT2D eigenvalue weighted by Gasteiger charge is -2.14. The van der Waals surface area contributed by atoms with Gasteiger partial charge in [0.2, 0.25) is 10.0 Å². The minimum absolute atomic E-state index is 0.140. The number of nitrogens with zero attached hydrogens (tertiary/aromatic N) is 1. The molecular weight excluding hydrogens is 468 g/mol. The highest BCUT2D eigenvalue weighted by molar-refractivity contribution is 9.11. The summed E-state index contributed by atoms with van der Waals surface area (Å²) in [5.41, 5.74) is -0.762. The summed E-state index contributed by atoms with van der Waals surface area (Å²) < 4.78 is 54.2. The van der Waals surface area contributed by atoms with Crippen LogP contribution in [0.2, 0.25) is 0 Å². The highest BCUT2D eigenvalue weighted by Gasteiger charge is 2.18. The van der Waals surface area contributed by atoms with E-state index < -0.39 is 25.7 Å².